The molecule has 0 aliphatic carbocycles. The lowest BCUT2D eigenvalue weighted by Crippen LogP contribution is -2.21. The van der Waals surface area contributed by atoms with Gasteiger partial charge in [0.1, 0.15) is 0 Å². The molecule has 1 aliphatic heterocycles. The highest BCUT2D eigenvalue weighted by atomic mass is 79.9. The van der Waals surface area contributed by atoms with Gasteiger partial charge in [0.2, 0.25) is 0 Å². The molecule has 106 valence electrons. The fraction of sp³-hybridized carbons (Fsp3) is 0.647. The van der Waals surface area contributed by atoms with Crippen molar-refractivity contribution in [2.45, 2.75) is 57.4 Å². The summed E-state index contributed by atoms with van der Waals surface area (Å²) >= 11 is 3.81. The molecule has 0 amide bonds. The third kappa shape index (κ3) is 4.06. The lowest BCUT2D eigenvalue weighted by atomic mass is 9.88. The lowest BCUT2D eigenvalue weighted by molar-refractivity contribution is 0.0345. The molecule has 0 saturated carbocycles. The molecule has 1 aromatic rings. The topological polar surface area (TPSA) is 9.23 Å². The number of ether oxygens (including phenoxy) is 1. The molecule has 1 heterocycles. The predicted octanol–water partition coefficient (Wildman–Crippen LogP) is 5.28. The van der Waals surface area contributed by atoms with Crippen LogP contribution in [0.25, 0.3) is 0 Å². The fourth-order valence-corrected chi connectivity index (χ4v) is 2.95. The summed E-state index contributed by atoms with van der Waals surface area (Å²) in [6.45, 7) is 7.75. The average Bonchev–Trinajstić information content (AvgIpc) is 2.38. The molecule has 1 aliphatic rings. The van der Waals surface area contributed by atoms with Crippen molar-refractivity contribution in [1.82, 2.24) is 0 Å². The minimum atomic E-state index is 0.310. The summed E-state index contributed by atoms with van der Waals surface area (Å²) in [7, 11) is 0. The average molecular weight is 325 g/mol. The molecule has 2 unspecified atom stereocenters. The first-order valence-corrected chi connectivity index (χ1v) is 8.23. The Hall–Kier alpha value is -0.340. The van der Waals surface area contributed by atoms with Crippen LogP contribution in [0.3, 0.4) is 0 Å². The molecule has 2 heteroatoms. The van der Waals surface area contributed by atoms with E-state index in [1.165, 1.54) is 24.0 Å². The number of hydrogen-bond acceptors (Lipinski definition) is 1. The molecule has 1 aromatic carbocycles. The van der Waals surface area contributed by atoms with Crippen molar-refractivity contribution in [1.29, 1.82) is 0 Å². The number of alkyl halides is 1. The Balaban J connectivity index is 1.88. The van der Waals surface area contributed by atoms with Crippen molar-refractivity contribution < 1.29 is 4.74 Å². The van der Waals surface area contributed by atoms with E-state index in [0.29, 0.717) is 16.3 Å². The number of fused-ring (bicyclic) bond motifs is 1. The zero-order chi connectivity index (χ0) is 13.9. The highest BCUT2D eigenvalue weighted by molar-refractivity contribution is 9.09. The van der Waals surface area contributed by atoms with Gasteiger partial charge in [0, 0.05) is 4.83 Å². The maximum atomic E-state index is 5.96. The van der Waals surface area contributed by atoms with E-state index < -0.39 is 0 Å². The molecule has 1 nitrogen and oxygen atoms in total. The predicted molar refractivity (Wildman–Crippen MR) is 84.9 cm³/mol. The van der Waals surface area contributed by atoms with Gasteiger partial charge < -0.3 is 4.74 Å². The van der Waals surface area contributed by atoms with Crippen LogP contribution in [0.4, 0.5) is 0 Å². The van der Waals surface area contributed by atoms with Gasteiger partial charge in [0.25, 0.3) is 0 Å². The molecule has 2 rings (SSSR count). The van der Waals surface area contributed by atoms with E-state index in [-0.39, 0.29) is 0 Å². The van der Waals surface area contributed by atoms with E-state index >= 15 is 0 Å². The standard InChI is InChI=1S/C17H25BrO/c1-17(2,3)16(18)10-6-9-15-14-8-5-4-7-13(14)11-12-19-15/h4-5,7-8,15-16H,6,9-12H2,1-3H3. The number of hydrogen-bond donors (Lipinski definition) is 0. The Labute approximate surface area is 125 Å². The quantitative estimate of drug-likeness (QED) is 0.684. The van der Waals surface area contributed by atoms with Crippen LogP contribution in [-0.2, 0) is 11.2 Å². The molecule has 0 fully saturated rings. The monoisotopic (exact) mass is 324 g/mol. The third-order valence-electron chi connectivity index (χ3n) is 3.96. The molecule has 0 N–H and O–H groups in total. The van der Waals surface area contributed by atoms with Crippen molar-refractivity contribution in [3.05, 3.63) is 35.4 Å². The van der Waals surface area contributed by atoms with Crippen LogP contribution >= 0.6 is 15.9 Å². The molecular formula is C17H25BrO. The van der Waals surface area contributed by atoms with Crippen molar-refractivity contribution in [3.8, 4) is 0 Å². The van der Waals surface area contributed by atoms with Gasteiger partial charge in [-0.1, -0.05) is 61.0 Å². The maximum Gasteiger partial charge on any atom is 0.0827 e. The zero-order valence-corrected chi connectivity index (χ0v) is 13.9. The van der Waals surface area contributed by atoms with Crippen LogP contribution in [0, 0.1) is 5.41 Å². The SMILES string of the molecule is CC(C)(C)C(Br)CCCC1OCCc2ccccc21. The first-order valence-electron chi connectivity index (χ1n) is 7.32. The smallest absolute Gasteiger partial charge is 0.0827 e. The first kappa shape index (κ1) is 15.1. The van der Waals surface area contributed by atoms with Crippen LogP contribution in [0.5, 0.6) is 0 Å². The van der Waals surface area contributed by atoms with Crippen molar-refractivity contribution in [2.24, 2.45) is 5.41 Å². The largest absolute Gasteiger partial charge is 0.373 e. The van der Waals surface area contributed by atoms with E-state index in [2.05, 4.69) is 61.0 Å². The van der Waals surface area contributed by atoms with Gasteiger partial charge in [-0.2, -0.15) is 0 Å². The number of halogens is 1. The Morgan fingerprint density at radius 1 is 1.32 bits per heavy atom. The number of rotatable bonds is 4. The van der Waals surface area contributed by atoms with Gasteiger partial charge in [-0.15, -0.1) is 0 Å². The van der Waals surface area contributed by atoms with Gasteiger partial charge in [0.05, 0.1) is 12.7 Å². The van der Waals surface area contributed by atoms with E-state index in [0.717, 1.165) is 19.4 Å². The van der Waals surface area contributed by atoms with Gasteiger partial charge in [-0.3, -0.25) is 0 Å². The van der Waals surface area contributed by atoms with Gasteiger partial charge in [-0.25, -0.2) is 0 Å². The van der Waals surface area contributed by atoms with Crippen LogP contribution in [0.2, 0.25) is 0 Å². The Morgan fingerprint density at radius 2 is 2.05 bits per heavy atom. The van der Waals surface area contributed by atoms with Crippen molar-refractivity contribution in [2.75, 3.05) is 6.61 Å². The summed E-state index contributed by atoms with van der Waals surface area (Å²) in [4.78, 5) is 0.582. The second-order valence-corrected chi connectivity index (χ2v) is 7.68. The van der Waals surface area contributed by atoms with E-state index in [4.69, 9.17) is 4.74 Å². The minimum Gasteiger partial charge on any atom is -0.373 e. The summed E-state index contributed by atoms with van der Waals surface area (Å²) in [5.41, 5.74) is 3.23. The molecule has 0 radical (unpaired) electrons. The van der Waals surface area contributed by atoms with Gasteiger partial charge >= 0.3 is 0 Å². The number of benzene rings is 1. The Bertz CT molecular complexity index is 408. The minimum absolute atomic E-state index is 0.310. The van der Waals surface area contributed by atoms with Crippen LogP contribution in [-0.4, -0.2) is 11.4 Å². The van der Waals surface area contributed by atoms with E-state index in [1.54, 1.807) is 0 Å². The molecule has 0 spiro atoms. The third-order valence-corrected chi connectivity index (χ3v) is 5.79. The molecule has 0 bridgehead atoms. The van der Waals surface area contributed by atoms with E-state index in [1.807, 2.05) is 0 Å². The van der Waals surface area contributed by atoms with Crippen LogP contribution in [0.1, 0.15) is 57.3 Å². The molecule has 0 saturated heterocycles. The lowest BCUT2D eigenvalue weighted by Gasteiger charge is -2.28. The van der Waals surface area contributed by atoms with Gasteiger partial charge in [-0.05, 0) is 42.2 Å². The summed E-state index contributed by atoms with van der Waals surface area (Å²) in [5.74, 6) is 0. The maximum absolute atomic E-state index is 5.96. The first-order chi connectivity index (χ1) is 8.98. The van der Waals surface area contributed by atoms with Crippen LogP contribution < -0.4 is 0 Å². The Kier molecular flexibility index (Phi) is 5.08. The second kappa shape index (κ2) is 6.41. The highest BCUT2D eigenvalue weighted by Gasteiger charge is 2.23. The summed E-state index contributed by atoms with van der Waals surface area (Å²) in [6, 6.07) is 8.74. The summed E-state index contributed by atoms with van der Waals surface area (Å²) in [6.07, 6.45) is 4.94. The summed E-state index contributed by atoms with van der Waals surface area (Å²) in [5, 5.41) is 0. The summed E-state index contributed by atoms with van der Waals surface area (Å²) < 4.78 is 5.96. The second-order valence-electron chi connectivity index (χ2n) is 6.57. The molecule has 2 atom stereocenters. The molecule has 19 heavy (non-hydrogen) atoms. The molecular weight excluding hydrogens is 300 g/mol. The molecule has 0 aromatic heterocycles. The van der Waals surface area contributed by atoms with Gasteiger partial charge in [0.15, 0.2) is 0 Å². The van der Waals surface area contributed by atoms with Crippen molar-refractivity contribution >= 4 is 15.9 Å². The van der Waals surface area contributed by atoms with E-state index in [9.17, 15) is 0 Å². The van der Waals surface area contributed by atoms with Crippen LogP contribution in [0.15, 0.2) is 24.3 Å². The normalized spacial score (nSPS) is 20.9. The highest BCUT2D eigenvalue weighted by Crippen LogP contribution is 2.34. The zero-order valence-electron chi connectivity index (χ0n) is 12.3. The Morgan fingerprint density at radius 3 is 2.79 bits per heavy atom. The van der Waals surface area contributed by atoms with Crippen molar-refractivity contribution in [3.63, 3.8) is 0 Å². The fourth-order valence-electron chi connectivity index (χ4n) is 2.63.